The number of benzene rings is 2. The van der Waals surface area contributed by atoms with Crippen molar-refractivity contribution in [1.29, 1.82) is 0 Å². The van der Waals surface area contributed by atoms with E-state index in [2.05, 4.69) is 65.0 Å². The molecule has 2 aromatic carbocycles. The average molecular weight is 582 g/mol. The molecule has 2 N–H and O–H groups in total. The number of fused-ring (bicyclic) bond motifs is 1. The van der Waals surface area contributed by atoms with E-state index in [1.54, 1.807) is 36.5 Å². The van der Waals surface area contributed by atoms with E-state index in [1.165, 1.54) is 29.5 Å². The molecule has 0 amide bonds. The topological polar surface area (TPSA) is 110 Å². The number of halogens is 1. The number of nitrogens with one attached hydrogen (secondary N) is 2. The number of thiophene rings is 1. The van der Waals surface area contributed by atoms with Gasteiger partial charge in [-0.15, -0.1) is 11.3 Å². The van der Waals surface area contributed by atoms with Crippen LogP contribution in [0.3, 0.4) is 0 Å². The first-order chi connectivity index (χ1) is 17.3. The third-order valence-electron chi connectivity index (χ3n) is 5.46. The van der Waals surface area contributed by atoms with E-state index in [0.717, 1.165) is 32.2 Å². The Morgan fingerprint density at radius 1 is 0.972 bits per heavy atom. The quantitative estimate of drug-likeness (QED) is 0.231. The molecule has 3 aromatic heterocycles. The summed E-state index contributed by atoms with van der Waals surface area (Å²) >= 11 is 5.16. The monoisotopic (exact) mass is 580 g/mol. The van der Waals surface area contributed by atoms with E-state index < -0.39 is 10.0 Å². The summed E-state index contributed by atoms with van der Waals surface area (Å²) in [6.07, 6.45) is 3.92. The lowest BCUT2D eigenvalue weighted by atomic mass is 10.0. The Balaban J connectivity index is 1.47. The van der Waals surface area contributed by atoms with Crippen LogP contribution >= 0.6 is 27.3 Å². The summed E-state index contributed by atoms with van der Waals surface area (Å²) in [5.41, 5.74) is 3.56. The van der Waals surface area contributed by atoms with Crippen LogP contribution in [0.5, 0.6) is 0 Å². The second-order valence-corrected chi connectivity index (χ2v) is 11.6. The number of hydrogen-bond acceptors (Lipinski definition) is 8. The van der Waals surface area contributed by atoms with Crippen LogP contribution in [-0.4, -0.2) is 28.4 Å². The number of aromatic nitrogens is 4. The fourth-order valence-electron chi connectivity index (χ4n) is 3.78. The van der Waals surface area contributed by atoms with Gasteiger partial charge in [0.15, 0.2) is 0 Å². The number of hydrogen-bond donors (Lipinski definition) is 2. The van der Waals surface area contributed by atoms with Crippen molar-refractivity contribution < 1.29 is 8.42 Å². The maximum absolute atomic E-state index is 12.8. The highest BCUT2D eigenvalue weighted by molar-refractivity contribution is 9.10. The maximum atomic E-state index is 12.8. The Kier molecular flexibility index (Phi) is 6.69. The van der Waals surface area contributed by atoms with Gasteiger partial charge in [0.2, 0.25) is 5.95 Å². The third-order valence-corrected chi connectivity index (χ3v) is 8.58. The second kappa shape index (κ2) is 9.92. The van der Waals surface area contributed by atoms with Crippen molar-refractivity contribution in [3.05, 3.63) is 82.2 Å². The minimum atomic E-state index is -3.83. The van der Waals surface area contributed by atoms with Gasteiger partial charge in [-0.2, -0.15) is 0 Å². The molecule has 0 unspecified atom stereocenters. The Morgan fingerprint density at radius 3 is 2.42 bits per heavy atom. The van der Waals surface area contributed by atoms with Crippen LogP contribution < -0.4 is 10.0 Å². The summed E-state index contributed by atoms with van der Waals surface area (Å²) in [6, 6.07) is 16.3. The van der Waals surface area contributed by atoms with Crippen LogP contribution in [0.4, 0.5) is 17.5 Å². The van der Waals surface area contributed by atoms with Crippen molar-refractivity contribution >= 4 is 65.0 Å². The van der Waals surface area contributed by atoms with Gasteiger partial charge < -0.3 is 5.32 Å². The predicted molar refractivity (Wildman–Crippen MR) is 147 cm³/mol. The molecular formula is C25H21BrN6O2S2. The highest BCUT2D eigenvalue weighted by atomic mass is 79.9. The van der Waals surface area contributed by atoms with Crippen LogP contribution in [-0.2, 0) is 16.4 Å². The SMILES string of the molecule is CCc1sc2ncnc(Nc3ccc(S(=O)(=O)Nc4nccc(C)n4)cc3)c2c1-c1ccc(Br)cc1. The molecule has 5 rings (SSSR count). The molecule has 0 fully saturated rings. The van der Waals surface area contributed by atoms with Gasteiger partial charge in [0, 0.05) is 32.5 Å². The molecule has 0 saturated heterocycles. The molecule has 11 heteroatoms. The molecule has 36 heavy (non-hydrogen) atoms. The predicted octanol–water partition coefficient (Wildman–Crippen LogP) is 6.33. The van der Waals surface area contributed by atoms with E-state index >= 15 is 0 Å². The van der Waals surface area contributed by atoms with Crippen molar-refractivity contribution in [3.63, 3.8) is 0 Å². The van der Waals surface area contributed by atoms with Gasteiger partial charge in [0.05, 0.1) is 10.3 Å². The summed E-state index contributed by atoms with van der Waals surface area (Å²) in [5, 5.41) is 4.29. The largest absolute Gasteiger partial charge is 0.340 e. The number of sulfonamides is 1. The van der Waals surface area contributed by atoms with Gasteiger partial charge in [0.25, 0.3) is 10.0 Å². The van der Waals surface area contributed by atoms with Crippen LogP contribution in [0.15, 0.2) is 76.5 Å². The molecule has 0 aliphatic rings. The van der Waals surface area contributed by atoms with Crippen LogP contribution in [0.1, 0.15) is 17.5 Å². The van der Waals surface area contributed by atoms with Gasteiger partial charge in [-0.25, -0.2) is 33.1 Å². The Morgan fingerprint density at radius 2 is 1.72 bits per heavy atom. The lowest BCUT2D eigenvalue weighted by Crippen LogP contribution is -2.15. The van der Waals surface area contributed by atoms with Crippen molar-refractivity contribution in [1.82, 2.24) is 19.9 Å². The fraction of sp³-hybridized carbons (Fsp3) is 0.120. The Bertz CT molecular complexity index is 1650. The first-order valence-corrected chi connectivity index (χ1v) is 14.1. The van der Waals surface area contributed by atoms with Crippen LogP contribution in [0.25, 0.3) is 21.3 Å². The molecular weight excluding hydrogens is 560 g/mol. The minimum Gasteiger partial charge on any atom is -0.340 e. The summed E-state index contributed by atoms with van der Waals surface area (Å²) in [6.45, 7) is 3.89. The Hall–Kier alpha value is -3.41. The number of anilines is 3. The smallest absolute Gasteiger partial charge is 0.264 e. The number of aryl methyl sites for hydroxylation is 2. The molecule has 0 saturated carbocycles. The molecule has 5 aromatic rings. The minimum absolute atomic E-state index is 0.0326. The highest BCUT2D eigenvalue weighted by Crippen LogP contribution is 2.42. The number of nitrogens with zero attached hydrogens (tertiary/aromatic N) is 4. The van der Waals surface area contributed by atoms with E-state index in [1.807, 2.05) is 12.1 Å². The molecule has 0 radical (unpaired) electrons. The first kappa shape index (κ1) is 24.3. The summed E-state index contributed by atoms with van der Waals surface area (Å²) in [7, 11) is -3.83. The van der Waals surface area contributed by atoms with Gasteiger partial charge >= 0.3 is 0 Å². The fourth-order valence-corrected chi connectivity index (χ4v) is 6.09. The molecule has 0 bridgehead atoms. The number of rotatable bonds is 7. The van der Waals surface area contributed by atoms with Crippen molar-refractivity contribution in [2.24, 2.45) is 0 Å². The first-order valence-electron chi connectivity index (χ1n) is 11.1. The second-order valence-electron chi connectivity index (χ2n) is 7.94. The standard InChI is InChI=1S/C25H21BrN6O2S2/c1-3-20-21(16-4-6-17(26)7-5-16)22-23(28-14-29-24(22)35-20)31-18-8-10-19(11-9-18)36(33,34)32-25-27-13-12-15(2)30-25/h4-14H,3H2,1-2H3,(H,27,30,32)(H,28,29,31). The lowest BCUT2D eigenvalue weighted by molar-refractivity contribution is 0.601. The van der Waals surface area contributed by atoms with Crippen LogP contribution in [0.2, 0.25) is 0 Å². The lowest BCUT2D eigenvalue weighted by Gasteiger charge is -2.11. The molecule has 3 heterocycles. The molecule has 0 atom stereocenters. The van der Waals surface area contributed by atoms with Crippen molar-refractivity contribution in [2.75, 3.05) is 10.0 Å². The summed E-state index contributed by atoms with van der Waals surface area (Å²) in [4.78, 5) is 19.3. The van der Waals surface area contributed by atoms with E-state index in [0.29, 0.717) is 17.2 Å². The zero-order valence-corrected chi connectivity index (χ0v) is 22.6. The zero-order valence-electron chi connectivity index (χ0n) is 19.4. The zero-order chi connectivity index (χ0) is 25.3. The van der Waals surface area contributed by atoms with E-state index in [9.17, 15) is 8.42 Å². The summed E-state index contributed by atoms with van der Waals surface area (Å²) < 4.78 is 29.0. The normalized spacial score (nSPS) is 11.5. The van der Waals surface area contributed by atoms with Gasteiger partial charge in [-0.05, 0) is 61.4 Å². The van der Waals surface area contributed by atoms with Gasteiger partial charge in [0.1, 0.15) is 17.0 Å². The van der Waals surface area contributed by atoms with E-state index in [-0.39, 0.29) is 10.8 Å². The highest BCUT2D eigenvalue weighted by Gasteiger charge is 2.19. The van der Waals surface area contributed by atoms with Crippen LogP contribution in [0, 0.1) is 6.92 Å². The van der Waals surface area contributed by atoms with Crippen molar-refractivity contribution in [2.45, 2.75) is 25.2 Å². The summed E-state index contributed by atoms with van der Waals surface area (Å²) in [5.74, 6) is 0.695. The molecule has 0 aliphatic carbocycles. The van der Waals surface area contributed by atoms with Gasteiger partial charge in [-0.3, -0.25) is 0 Å². The molecule has 182 valence electrons. The molecule has 0 aliphatic heterocycles. The van der Waals surface area contributed by atoms with Gasteiger partial charge in [-0.1, -0.05) is 35.0 Å². The third kappa shape index (κ3) is 4.95. The average Bonchev–Trinajstić information content (AvgIpc) is 3.24. The maximum Gasteiger partial charge on any atom is 0.264 e. The van der Waals surface area contributed by atoms with E-state index in [4.69, 9.17) is 0 Å². The molecule has 8 nitrogen and oxygen atoms in total. The van der Waals surface area contributed by atoms with Crippen molar-refractivity contribution in [3.8, 4) is 11.1 Å². The molecule has 0 spiro atoms. The Labute approximate surface area is 221 Å².